The Balaban J connectivity index is 1.34. The summed E-state index contributed by atoms with van der Waals surface area (Å²) in [5.41, 5.74) is 3.32. The molecule has 3 aromatic carbocycles. The maximum absolute atomic E-state index is 13.8. The summed E-state index contributed by atoms with van der Waals surface area (Å²) in [5, 5.41) is 0. The fourth-order valence-electron chi connectivity index (χ4n) is 5.54. The standard InChI is InChI=1S/C32H37N3O4/c1-3-31(36)35(26-9-5-4-6-10-26)30-23-24(2)34(29-12-8-7-11-28(29)30)32(37)25-13-15-27(16-14-25)39-22-19-33-17-20-38-21-18-33/h4-16,24,30H,3,17-23H2,1-2H3/t24-,30+/m1/s1. The lowest BCUT2D eigenvalue weighted by Crippen LogP contribution is -2.47. The van der Waals surface area contributed by atoms with E-state index in [-0.39, 0.29) is 23.9 Å². The Labute approximate surface area is 230 Å². The summed E-state index contributed by atoms with van der Waals surface area (Å²) < 4.78 is 11.3. The first kappa shape index (κ1) is 26.9. The van der Waals surface area contributed by atoms with Crippen LogP contribution in [0.4, 0.5) is 11.4 Å². The van der Waals surface area contributed by atoms with Crippen LogP contribution >= 0.6 is 0 Å². The highest BCUT2D eigenvalue weighted by molar-refractivity contribution is 6.07. The van der Waals surface area contributed by atoms with Crippen LogP contribution in [0.15, 0.2) is 78.9 Å². The molecule has 0 aliphatic carbocycles. The minimum absolute atomic E-state index is 0.0543. The molecule has 39 heavy (non-hydrogen) atoms. The van der Waals surface area contributed by atoms with Gasteiger partial charge in [-0.25, -0.2) is 0 Å². The highest BCUT2D eigenvalue weighted by Gasteiger charge is 2.38. The predicted octanol–water partition coefficient (Wildman–Crippen LogP) is 5.32. The second kappa shape index (κ2) is 12.5. The summed E-state index contributed by atoms with van der Waals surface area (Å²) in [4.78, 5) is 33.1. The third kappa shape index (κ3) is 6.00. The normalized spacial score (nSPS) is 19.3. The third-order valence-corrected chi connectivity index (χ3v) is 7.58. The van der Waals surface area contributed by atoms with Crippen molar-refractivity contribution in [1.29, 1.82) is 0 Å². The van der Waals surface area contributed by atoms with Crippen LogP contribution in [0.5, 0.6) is 5.75 Å². The lowest BCUT2D eigenvalue weighted by Gasteiger charge is -2.43. The van der Waals surface area contributed by atoms with E-state index in [2.05, 4.69) is 11.8 Å². The molecule has 0 N–H and O–H groups in total. The van der Waals surface area contributed by atoms with E-state index in [1.807, 2.05) is 95.6 Å². The van der Waals surface area contributed by atoms with Crippen LogP contribution in [-0.4, -0.2) is 62.2 Å². The van der Waals surface area contributed by atoms with Crippen molar-refractivity contribution in [1.82, 2.24) is 4.90 Å². The zero-order chi connectivity index (χ0) is 27.2. The summed E-state index contributed by atoms with van der Waals surface area (Å²) in [7, 11) is 0. The molecule has 1 saturated heterocycles. The molecular weight excluding hydrogens is 490 g/mol. The van der Waals surface area contributed by atoms with Gasteiger partial charge < -0.3 is 19.3 Å². The number of amides is 2. The zero-order valence-electron chi connectivity index (χ0n) is 22.8. The minimum atomic E-state index is -0.155. The van der Waals surface area contributed by atoms with Gasteiger partial charge in [0.2, 0.25) is 5.91 Å². The lowest BCUT2D eigenvalue weighted by atomic mass is 9.89. The Bertz CT molecular complexity index is 1260. The molecule has 2 aliphatic rings. The van der Waals surface area contributed by atoms with Crippen molar-refractivity contribution in [3.63, 3.8) is 0 Å². The molecule has 2 aliphatic heterocycles. The second-order valence-electron chi connectivity index (χ2n) is 10.1. The number of rotatable bonds is 8. The number of para-hydroxylation sites is 2. The molecule has 0 bridgehead atoms. The molecule has 204 valence electrons. The monoisotopic (exact) mass is 527 g/mol. The van der Waals surface area contributed by atoms with E-state index in [1.165, 1.54) is 0 Å². The number of nitrogens with zero attached hydrogens (tertiary/aromatic N) is 3. The quantitative estimate of drug-likeness (QED) is 0.397. The number of morpholine rings is 1. The average Bonchev–Trinajstić information content (AvgIpc) is 2.98. The van der Waals surface area contributed by atoms with Gasteiger partial charge in [-0.15, -0.1) is 0 Å². The zero-order valence-corrected chi connectivity index (χ0v) is 22.8. The van der Waals surface area contributed by atoms with E-state index >= 15 is 0 Å². The summed E-state index contributed by atoms with van der Waals surface area (Å²) in [5.74, 6) is 0.766. The molecule has 0 spiro atoms. The highest BCUT2D eigenvalue weighted by Crippen LogP contribution is 2.43. The van der Waals surface area contributed by atoms with Crippen molar-refractivity contribution in [3.8, 4) is 5.75 Å². The fraction of sp³-hybridized carbons (Fsp3) is 0.375. The molecular formula is C32H37N3O4. The largest absolute Gasteiger partial charge is 0.492 e. The van der Waals surface area contributed by atoms with Crippen LogP contribution in [-0.2, 0) is 9.53 Å². The average molecular weight is 528 g/mol. The number of carbonyl (C=O) groups is 2. The van der Waals surface area contributed by atoms with Gasteiger partial charge in [0.05, 0.1) is 19.3 Å². The van der Waals surface area contributed by atoms with Gasteiger partial charge in [-0.2, -0.15) is 0 Å². The van der Waals surface area contributed by atoms with Crippen molar-refractivity contribution in [2.24, 2.45) is 0 Å². The number of hydrogen-bond acceptors (Lipinski definition) is 5. The Morgan fingerprint density at radius 2 is 1.64 bits per heavy atom. The molecule has 2 heterocycles. The van der Waals surface area contributed by atoms with Gasteiger partial charge in [-0.1, -0.05) is 43.3 Å². The molecule has 2 atom stereocenters. The van der Waals surface area contributed by atoms with Gasteiger partial charge in [0.1, 0.15) is 12.4 Å². The van der Waals surface area contributed by atoms with Gasteiger partial charge in [-0.3, -0.25) is 14.5 Å². The van der Waals surface area contributed by atoms with Crippen molar-refractivity contribution in [2.45, 2.75) is 38.8 Å². The lowest BCUT2D eigenvalue weighted by molar-refractivity contribution is -0.118. The summed E-state index contributed by atoms with van der Waals surface area (Å²) in [6.45, 7) is 8.81. The van der Waals surface area contributed by atoms with E-state index in [0.717, 1.165) is 55.5 Å². The maximum atomic E-state index is 13.8. The minimum Gasteiger partial charge on any atom is -0.492 e. The van der Waals surface area contributed by atoms with Gasteiger partial charge in [-0.05, 0) is 61.4 Å². The van der Waals surface area contributed by atoms with Gasteiger partial charge in [0.15, 0.2) is 0 Å². The van der Waals surface area contributed by atoms with Crippen LogP contribution in [0.3, 0.4) is 0 Å². The summed E-state index contributed by atoms with van der Waals surface area (Å²) in [6.07, 6.45) is 1.05. The SMILES string of the molecule is CCC(=O)N(c1ccccc1)[C@H]1C[C@@H](C)N(C(=O)c2ccc(OCCN3CCOCC3)cc2)c2ccccc21. The Kier molecular flexibility index (Phi) is 8.59. The molecule has 0 unspecified atom stereocenters. The predicted molar refractivity (Wildman–Crippen MR) is 153 cm³/mol. The first-order chi connectivity index (χ1) is 19.1. The summed E-state index contributed by atoms with van der Waals surface area (Å²) >= 11 is 0. The van der Waals surface area contributed by atoms with Gasteiger partial charge in [0.25, 0.3) is 5.91 Å². The second-order valence-corrected chi connectivity index (χ2v) is 10.1. The molecule has 2 amide bonds. The molecule has 0 aromatic heterocycles. The topological polar surface area (TPSA) is 62.3 Å². The smallest absolute Gasteiger partial charge is 0.258 e. The van der Waals surface area contributed by atoms with Crippen molar-refractivity contribution >= 4 is 23.2 Å². The van der Waals surface area contributed by atoms with E-state index in [4.69, 9.17) is 9.47 Å². The molecule has 0 saturated carbocycles. The number of hydrogen-bond donors (Lipinski definition) is 0. The van der Waals surface area contributed by atoms with Crippen molar-refractivity contribution < 1.29 is 19.1 Å². The van der Waals surface area contributed by atoms with Crippen LogP contribution in [0.1, 0.15) is 48.7 Å². The Morgan fingerprint density at radius 3 is 2.36 bits per heavy atom. The number of anilines is 2. The van der Waals surface area contributed by atoms with E-state index in [9.17, 15) is 9.59 Å². The number of benzene rings is 3. The molecule has 7 heteroatoms. The first-order valence-electron chi connectivity index (χ1n) is 13.9. The Hall–Kier alpha value is -3.68. The van der Waals surface area contributed by atoms with E-state index in [0.29, 0.717) is 25.0 Å². The van der Waals surface area contributed by atoms with Crippen LogP contribution in [0, 0.1) is 0 Å². The molecule has 3 aromatic rings. The van der Waals surface area contributed by atoms with Crippen LogP contribution in [0.25, 0.3) is 0 Å². The van der Waals surface area contributed by atoms with Crippen LogP contribution in [0.2, 0.25) is 0 Å². The molecule has 7 nitrogen and oxygen atoms in total. The van der Waals surface area contributed by atoms with Gasteiger partial charge >= 0.3 is 0 Å². The molecule has 0 radical (unpaired) electrons. The van der Waals surface area contributed by atoms with E-state index < -0.39 is 0 Å². The third-order valence-electron chi connectivity index (χ3n) is 7.58. The van der Waals surface area contributed by atoms with Gasteiger partial charge in [0, 0.05) is 49.0 Å². The fourth-order valence-corrected chi connectivity index (χ4v) is 5.54. The Morgan fingerprint density at radius 1 is 0.949 bits per heavy atom. The first-order valence-corrected chi connectivity index (χ1v) is 13.9. The number of ether oxygens (including phenoxy) is 2. The van der Waals surface area contributed by atoms with Crippen molar-refractivity contribution in [3.05, 3.63) is 90.0 Å². The van der Waals surface area contributed by atoms with E-state index in [1.54, 1.807) is 0 Å². The van der Waals surface area contributed by atoms with Crippen molar-refractivity contribution in [2.75, 3.05) is 49.3 Å². The molecule has 1 fully saturated rings. The van der Waals surface area contributed by atoms with Crippen LogP contribution < -0.4 is 14.5 Å². The number of carbonyl (C=O) groups excluding carboxylic acids is 2. The summed E-state index contributed by atoms with van der Waals surface area (Å²) in [6, 6.07) is 24.9. The molecule has 5 rings (SSSR count). The highest BCUT2D eigenvalue weighted by atomic mass is 16.5. The maximum Gasteiger partial charge on any atom is 0.258 e. The number of fused-ring (bicyclic) bond motifs is 1.